The van der Waals surface area contributed by atoms with Gasteiger partial charge in [0, 0.05) is 38.0 Å². The standard InChI is InChI=1S/C13H23N3O/c1-16-13(5-9-15-16)7-11-17-10-6-12-4-2-3-8-14-12/h5,9,12,14H,2-4,6-8,10-11H2,1H3. The maximum Gasteiger partial charge on any atom is 0.0521 e. The molecule has 2 rings (SSSR count). The molecule has 0 amide bonds. The third-order valence-electron chi connectivity index (χ3n) is 3.45. The van der Waals surface area contributed by atoms with Crippen LogP contribution in [-0.2, 0) is 18.2 Å². The Morgan fingerprint density at radius 2 is 2.41 bits per heavy atom. The number of piperidine rings is 1. The topological polar surface area (TPSA) is 39.1 Å². The molecule has 4 heteroatoms. The van der Waals surface area contributed by atoms with Crippen molar-refractivity contribution in [3.8, 4) is 0 Å². The quantitative estimate of drug-likeness (QED) is 0.762. The number of hydrogen-bond donors (Lipinski definition) is 1. The maximum atomic E-state index is 5.68. The first-order chi connectivity index (χ1) is 8.36. The van der Waals surface area contributed by atoms with Crippen LogP contribution in [0.4, 0.5) is 0 Å². The van der Waals surface area contributed by atoms with Gasteiger partial charge in [0.15, 0.2) is 0 Å². The predicted octanol–water partition coefficient (Wildman–Crippen LogP) is 1.51. The first kappa shape index (κ1) is 12.6. The number of nitrogens with zero attached hydrogens (tertiary/aromatic N) is 2. The summed E-state index contributed by atoms with van der Waals surface area (Å²) < 4.78 is 7.59. The van der Waals surface area contributed by atoms with E-state index in [0.29, 0.717) is 6.04 Å². The zero-order valence-electron chi connectivity index (χ0n) is 10.7. The Kier molecular flexibility index (Phi) is 5.01. The van der Waals surface area contributed by atoms with Crippen LogP contribution in [-0.4, -0.2) is 35.6 Å². The van der Waals surface area contributed by atoms with Crippen LogP contribution in [0.2, 0.25) is 0 Å². The Morgan fingerprint density at radius 1 is 1.47 bits per heavy atom. The molecule has 1 aromatic rings. The van der Waals surface area contributed by atoms with E-state index in [9.17, 15) is 0 Å². The van der Waals surface area contributed by atoms with E-state index in [1.165, 1.54) is 31.5 Å². The maximum absolute atomic E-state index is 5.68. The van der Waals surface area contributed by atoms with Gasteiger partial charge in [0.25, 0.3) is 0 Å². The molecule has 1 fully saturated rings. The Labute approximate surface area is 103 Å². The van der Waals surface area contributed by atoms with Crippen molar-refractivity contribution in [2.45, 2.75) is 38.1 Å². The van der Waals surface area contributed by atoms with E-state index in [1.54, 1.807) is 0 Å². The smallest absolute Gasteiger partial charge is 0.0521 e. The molecule has 1 unspecified atom stereocenters. The number of nitrogens with one attached hydrogen (secondary N) is 1. The fourth-order valence-electron chi connectivity index (χ4n) is 2.32. The summed E-state index contributed by atoms with van der Waals surface area (Å²) in [5, 5.41) is 7.68. The molecular formula is C13H23N3O. The van der Waals surface area contributed by atoms with E-state index < -0.39 is 0 Å². The van der Waals surface area contributed by atoms with Gasteiger partial charge in [0.05, 0.1) is 6.61 Å². The minimum absolute atomic E-state index is 0.681. The lowest BCUT2D eigenvalue weighted by Gasteiger charge is -2.23. The van der Waals surface area contributed by atoms with Gasteiger partial charge in [-0.2, -0.15) is 5.10 Å². The van der Waals surface area contributed by atoms with Gasteiger partial charge >= 0.3 is 0 Å². The second kappa shape index (κ2) is 6.77. The van der Waals surface area contributed by atoms with E-state index in [4.69, 9.17) is 4.74 Å². The van der Waals surface area contributed by atoms with Crippen molar-refractivity contribution in [1.82, 2.24) is 15.1 Å². The minimum Gasteiger partial charge on any atom is -0.381 e. The fraction of sp³-hybridized carbons (Fsp3) is 0.769. The van der Waals surface area contributed by atoms with Gasteiger partial charge in [-0.15, -0.1) is 0 Å². The lowest BCUT2D eigenvalue weighted by Crippen LogP contribution is -2.34. The number of rotatable bonds is 6. The molecule has 1 aliphatic heterocycles. The number of hydrogen-bond acceptors (Lipinski definition) is 3. The summed E-state index contributed by atoms with van der Waals surface area (Å²) >= 11 is 0. The molecule has 1 aromatic heterocycles. The summed E-state index contributed by atoms with van der Waals surface area (Å²) in [6, 6.07) is 2.73. The Bertz CT molecular complexity index is 318. The van der Waals surface area contributed by atoms with Gasteiger partial charge in [0.2, 0.25) is 0 Å². The van der Waals surface area contributed by atoms with E-state index in [2.05, 4.69) is 10.4 Å². The summed E-state index contributed by atoms with van der Waals surface area (Å²) in [6.07, 6.45) is 7.94. The number of aromatic nitrogens is 2. The molecule has 0 spiro atoms. The van der Waals surface area contributed by atoms with Gasteiger partial charge in [-0.1, -0.05) is 6.42 Å². The van der Waals surface area contributed by atoms with Crippen molar-refractivity contribution in [3.63, 3.8) is 0 Å². The Morgan fingerprint density at radius 3 is 3.12 bits per heavy atom. The molecular weight excluding hydrogens is 214 g/mol. The van der Waals surface area contributed by atoms with Crippen LogP contribution in [0.1, 0.15) is 31.4 Å². The van der Waals surface area contributed by atoms with Gasteiger partial charge in [-0.25, -0.2) is 0 Å². The average molecular weight is 237 g/mol. The third-order valence-corrected chi connectivity index (χ3v) is 3.45. The molecule has 17 heavy (non-hydrogen) atoms. The normalized spacial score (nSPS) is 20.6. The highest BCUT2D eigenvalue weighted by molar-refractivity contribution is 4.99. The van der Waals surface area contributed by atoms with Crippen molar-refractivity contribution in [2.24, 2.45) is 7.05 Å². The van der Waals surface area contributed by atoms with E-state index >= 15 is 0 Å². The fourth-order valence-corrected chi connectivity index (χ4v) is 2.32. The number of ether oxygens (including phenoxy) is 1. The second-order valence-corrected chi connectivity index (χ2v) is 4.74. The second-order valence-electron chi connectivity index (χ2n) is 4.74. The van der Waals surface area contributed by atoms with Crippen molar-refractivity contribution < 1.29 is 4.74 Å². The first-order valence-electron chi connectivity index (χ1n) is 6.64. The molecule has 1 saturated heterocycles. The van der Waals surface area contributed by atoms with E-state index in [0.717, 1.165) is 26.1 Å². The summed E-state index contributed by atoms with van der Waals surface area (Å²) in [5.41, 5.74) is 1.24. The van der Waals surface area contributed by atoms with Crippen LogP contribution in [0, 0.1) is 0 Å². The summed E-state index contributed by atoms with van der Waals surface area (Å²) in [4.78, 5) is 0. The molecule has 2 heterocycles. The zero-order valence-corrected chi connectivity index (χ0v) is 10.7. The largest absolute Gasteiger partial charge is 0.381 e. The van der Waals surface area contributed by atoms with Crippen molar-refractivity contribution >= 4 is 0 Å². The van der Waals surface area contributed by atoms with Gasteiger partial charge < -0.3 is 10.1 Å². The minimum atomic E-state index is 0.681. The molecule has 96 valence electrons. The Hall–Kier alpha value is -0.870. The summed E-state index contributed by atoms with van der Waals surface area (Å²) in [7, 11) is 1.97. The highest BCUT2D eigenvalue weighted by atomic mass is 16.5. The van der Waals surface area contributed by atoms with Gasteiger partial charge in [-0.3, -0.25) is 4.68 Å². The van der Waals surface area contributed by atoms with Crippen molar-refractivity contribution in [2.75, 3.05) is 19.8 Å². The molecule has 0 bridgehead atoms. The average Bonchev–Trinajstić information content (AvgIpc) is 2.76. The molecule has 0 saturated carbocycles. The lowest BCUT2D eigenvalue weighted by molar-refractivity contribution is 0.122. The number of aryl methyl sites for hydroxylation is 1. The third kappa shape index (κ3) is 4.13. The highest BCUT2D eigenvalue weighted by Gasteiger charge is 2.11. The summed E-state index contributed by atoms with van der Waals surface area (Å²) in [5.74, 6) is 0. The predicted molar refractivity (Wildman–Crippen MR) is 68.0 cm³/mol. The molecule has 1 N–H and O–H groups in total. The lowest BCUT2D eigenvalue weighted by atomic mass is 10.0. The first-order valence-corrected chi connectivity index (χ1v) is 6.64. The van der Waals surface area contributed by atoms with Gasteiger partial charge in [0.1, 0.15) is 0 Å². The Balaban J connectivity index is 1.53. The highest BCUT2D eigenvalue weighted by Crippen LogP contribution is 2.09. The summed E-state index contributed by atoms with van der Waals surface area (Å²) in [6.45, 7) is 2.85. The molecule has 0 aliphatic carbocycles. The SMILES string of the molecule is Cn1nccc1CCOCCC1CCCCN1. The van der Waals surface area contributed by atoms with E-state index in [-0.39, 0.29) is 0 Å². The molecule has 1 atom stereocenters. The van der Waals surface area contributed by atoms with Crippen LogP contribution in [0.15, 0.2) is 12.3 Å². The van der Waals surface area contributed by atoms with Crippen LogP contribution < -0.4 is 5.32 Å². The van der Waals surface area contributed by atoms with Crippen molar-refractivity contribution in [3.05, 3.63) is 18.0 Å². The monoisotopic (exact) mass is 237 g/mol. The van der Waals surface area contributed by atoms with Crippen LogP contribution >= 0.6 is 0 Å². The van der Waals surface area contributed by atoms with E-state index in [1.807, 2.05) is 24.0 Å². The van der Waals surface area contributed by atoms with Crippen molar-refractivity contribution in [1.29, 1.82) is 0 Å². The van der Waals surface area contributed by atoms with Crippen LogP contribution in [0.3, 0.4) is 0 Å². The molecule has 0 aromatic carbocycles. The van der Waals surface area contributed by atoms with Crippen LogP contribution in [0.25, 0.3) is 0 Å². The molecule has 1 aliphatic rings. The zero-order chi connectivity index (χ0) is 11.9. The van der Waals surface area contributed by atoms with Crippen LogP contribution in [0.5, 0.6) is 0 Å². The molecule has 4 nitrogen and oxygen atoms in total. The van der Waals surface area contributed by atoms with Gasteiger partial charge in [-0.05, 0) is 31.9 Å². The molecule has 0 radical (unpaired) electrons.